The van der Waals surface area contributed by atoms with Gasteiger partial charge in [-0.3, -0.25) is 4.52 Å². The average molecular weight is 294 g/mol. The number of ether oxygens (including phenoxy) is 1. The molecule has 0 fully saturated rings. The molecule has 0 aliphatic heterocycles. The van der Waals surface area contributed by atoms with Crippen molar-refractivity contribution in [3.63, 3.8) is 0 Å². The van der Waals surface area contributed by atoms with E-state index in [9.17, 15) is 9.36 Å². The van der Waals surface area contributed by atoms with Gasteiger partial charge in [-0.2, -0.15) is 0 Å². The Kier molecular flexibility index (Phi) is 9.79. The van der Waals surface area contributed by atoms with E-state index < -0.39 is 13.8 Å². The van der Waals surface area contributed by atoms with Gasteiger partial charge < -0.3 is 14.5 Å². The van der Waals surface area contributed by atoms with E-state index in [1.807, 2.05) is 6.92 Å². The van der Waals surface area contributed by atoms with Gasteiger partial charge >= 0.3 is 13.8 Å². The normalized spacial score (nSPS) is 13.0. The molecule has 0 heterocycles. The molecule has 2 N–H and O–H groups in total. The molecule has 112 valence electrons. The lowest BCUT2D eigenvalue weighted by Crippen LogP contribution is -2.12. The van der Waals surface area contributed by atoms with Gasteiger partial charge in [-0.25, -0.2) is 9.36 Å². The molecule has 0 radical (unpaired) electrons. The maximum absolute atomic E-state index is 10.9. The zero-order valence-corrected chi connectivity index (χ0v) is 12.2. The van der Waals surface area contributed by atoms with Crippen LogP contribution in [0.15, 0.2) is 12.7 Å². The summed E-state index contributed by atoms with van der Waals surface area (Å²) in [4.78, 5) is 27.8. The summed E-state index contributed by atoms with van der Waals surface area (Å²) in [5, 5.41) is 0. The Labute approximate surface area is 114 Å². The van der Waals surface area contributed by atoms with Crippen molar-refractivity contribution in [3.8, 4) is 0 Å². The number of hydrogen-bond donors (Lipinski definition) is 2. The van der Waals surface area contributed by atoms with Crippen LogP contribution in [0.5, 0.6) is 0 Å². The Balaban J connectivity index is 3.34. The Bertz CT molecular complexity index is 311. The summed E-state index contributed by atoms with van der Waals surface area (Å²) in [7, 11) is -4.31. The number of rotatable bonds is 11. The van der Waals surface area contributed by atoms with Crippen molar-refractivity contribution in [2.75, 3.05) is 6.61 Å². The molecule has 0 rings (SSSR count). The van der Waals surface area contributed by atoms with Gasteiger partial charge in [0.1, 0.15) is 0 Å². The molecule has 1 unspecified atom stereocenters. The fraction of sp³-hybridized carbons (Fsp3) is 0.750. The summed E-state index contributed by atoms with van der Waals surface area (Å²) in [6.45, 7) is 5.25. The van der Waals surface area contributed by atoms with E-state index in [1.54, 1.807) is 0 Å². The minimum Gasteiger partial charge on any atom is -0.460 e. The molecule has 0 aromatic rings. The highest BCUT2D eigenvalue weighted by molar-refractivity contribution is 7.46. The number of esters is 1. The van der Waals surface area contributed by atoms with E-state index >= 15 is 0 Å². The lowest BCUT2D eigenvalue weighted by Gasteiger charge is -2.11. The molecule has 7 heteroatoms. The minimum absolute atomic E-state index is 0.0810. The predicted octanol–water partition coefficient (Wildman–Crippen LogP) is 2.55. The molecule has 0 aromatic heterocycles. The molecular formula is C12H23O6P. The summed E-state index contributed by atoms with van der Waals surface area (Å²) in [6, 6.07) is 0. The fourth-order valence-electron chi connectivity index (χ4n) is 1.55. The van der Waals surface area contributed by atoms with Gasteiger partial charge in [0.25, 0.3) is 0 Å². The number of unbranched alkanes of at least 4 members (excludes halogenated alkanes) is 4. The van der Waals surface area contributed by atoms with Gasteiger partial charge in [-0.15, -0.1) is 0 Å². The van der Waals surface area contributed by atoms with Crippen molar-refractivity contribution in [1.29, 1.82) is 0 Å². The van der Waals surface area contributed by atoms with Crippen LogP contribution in [0.25, 0.3) is 0 Å². The topological polar surface area (TPSA) is 93.1 Å². The number of carbonyl (C=O) groups is 1. The molecule has 0 saturated heterocycles. The van der Waals surface area contributed by atoms with Crippen molar-refractivity contribution in [2.45, 2.75) is 51.6 Å². The largest absolute Gasteiger partial charge is 0.469 e. The third-order valence-corrected chi connectivity index (χ3v) is 3.02. The van der Waals surface area contributed by atoms with Crippen molar-refractivity contribution < 1.29 is 28.4 Å². The third kappa shape index (κ3) is 13.6. The summed E-state index contributed by atoms with van der Waals surface area (Å²) >= 11 is 0. The monoisotopic (exact) mass is 294 g/mol. The number of phosphoric acid groups is 1. The third-order valence-electron chi connectivity index (χ3n) is 2.50. The highest BCUT2D eigenvalue weighted by Crippen LogP contribution is 2.35. The van der Waals surface area contributed by atoms with Gasteiger partial charge in [0.05, 0.1) is 12.7 Å². The highest BCUT2D eigenvalue weighted by Gasteiger charge is 2.12. The summed E-state index contributed by atoms with van der Waals surface area (Å²) in [6.07, 6.45) is 6.25. The molecule has 0 amide bonds. The Morgan fingerprint density at radius 3 is 2.42 bits per heavy atom. The maximum Gasteiger partial charge on any atom is 0.469 e. The van der Waals surface area contributed by atoms with Crippen LogP contribution in [-0.4, -0.2) is 28.5 Å². The molecule has 0 aliphatic rings. The van der Waals surface area contributed by atoms with Crippen LogP contribution in [0.2, 0.25) is 0 Å². The van der Waals surface area contributed by atoms with Gasteiger partial charge in [-0.1, -0.05) is 25.8 Å². The van der Waals surface area contributed by atoms with E-state index in [0.29, 0.717) is 6.42 Å². The standard InChI is InChI=1S/C12H23O6P/c1-3-12(13)18-11(2)9-7-5-4-6-8-10-17-19(14,15)16/h3,11H,1,4-10H2,2H3,(H2,14,15,16). The second-order valence-corrected chi connectivity index (χ2v) is 5.57. The number of carbonyl (C=O) groups excluding carboxylic acids is 1. The van der Waals surface area contributed by atoms with Crippen molar-refractivity contribution in [3.05, 3.63) is 12.7 Å². The molecule has 0 aromatic carbocycles. The SMILES string of the molecule is C=CC(=O)OC(C)CCCCCCCOP(=O)(O)O. The van der Waals surface area contributed by atoms with Crippen molar-refractivity contribution in [1.82, 2.24) is 0 Å². The van der Waals surface area contributed by atoms with Crippen LogP contribution < -0.4 is 0 Å². The summed E-state index contributed by atoms with van der Waals surface area (Å²) in [5.41, 5.74) is 0. The Morgan fingerprint density at radius 2 is 1.84 bits per heavy atom. The van der Waals surface area contributed by atoms with Gasteiger partial charge in [0, 0.05) is 6.08 Å². The summed E-state index contributed by atoms with van der Waals surface area (Å²) in [5.74, 6) is -0.401. The van der Waals surface area contributed by atoms with Crippen LogP contribution >= 0.6 is 7.82 Å². The number of phosphoric ester groups is 1. The fourth-order valence-corrected chi connectivity index (χ4v) is 1.92. The molecule has 1 atom stereocenters. The quantitative estimate of drug-likeness (QED) is 0.263. The first-order chi connectivity index (χ1) is 8.85. The van der Waals surface area contributed by atoms with Crippen LogP contribution in [0.3, 0.4) is 0 Å². The molecule has 0 bridgehead atoms. The van der Waals surface area contributed by atoms with Crippen molar-refractivity contribution in [2.24, 2.45) is 0 Å². The van der Waals surface area contributed by atoms with Crippen LogP contribution in [0.4, 0.5) is 0 Å². The van der Waals surface area contributed by atoms with Crippen molar-refractivity contribution >= 4 is 13.8 Å². The molecule has 0 saturated carbocycles. The van der Waals surface area contributed by atoms with E-state index in [0.717, 1.165) is 38.2 Å². The van der Waals surface area contributed by atoms with Crippen LogP contribution in [0, 0.1) is 0 Å². The second kappa shape index (κ2) is 10.1. The van der Waals surface area contributed by atoms with E-state index in [2.05, 4.69) is 11.1 Å². The number of hydrogen-bond acceptors (Lipinski definition) is 4. The first-order valence-corrected chi connectivity index (χ1v) is 7.91. The van der Waals surface area contributed by atoms with Gasteiger partial charge in [-0.05, 0) is 26.2 Å². The predicted molar refractivity (Wildman–Crippen MR) is 71.4 cm³/mol. The molecule has 0 aliphatic carbocycles. The zero-order valence-electron chi connectivity index (χ0n) is 11.3. The average Bonchev–Trinajstić information content (AvgIpc) is 2.31. The van der Waals surface area contributed by atoms with Gasteiger partial charge in [0.15, 0.2) is 0 Å². The van der Waals surface area contributed by atoms with Crippen LogP contribution in [-0.2, 0) is 18.6 Å². The lowest BCUT2D eigenvalue weighted by molar-refractivity contribution is -0.142. The smallest absolute Gasteiger partial charge is 0.460 e. The zero-order chi connectivity index (χ0) is 14.7. The van der Waals surface area contributed by atoms with Crippen LogP contribution in [0.1, 0.15) is 45.4 Å². The molecular weight excluding hydrogens is 271 g/mol. The Hall–Kier alpha value is -0.680. The maximum atomic E-state index is 10.9. The molecule has 6 nitrogen and oxygen atoms in total. The first kappa shape index (κ1) is 18.3. The highest BCUT2D eigenvalue weighted by atomic mass is 31.2. The van der Waals surface area contributed by atoms with E-state index in [4.69, 9.17) is 14.5 Å². The van der Waals surface area contributed by atoms with E-state index in [-0.39, 0.29) is 12.7 Å². The Morgan fingerprint density at radius 1 is 1.26 bits per heavy atom. The van der Waals surface area contributed by atoms with E-state index in [1.165, 1.54) is 0 Å². The van der Waals surface area contributed by atoms with Gasteiger partial charge in [0.2, 0.25) is 0 Å². The first-order valence-electron chi connectivity index (χ1n) is 6.38. The second-order valence-electron chi connectivity index (χ2n) is 4.33. The molecule has 0 spiro atoms. The lowest BCUT2D eigenvalue weighted by atomic mass is 10.1. The minimum atomic E-state index is -4.31. The summed E-state index contributed by atoms with van der Waals surface area (Å²) < 4.78 is 19.7. The molecule has 19 heavy (non-hydrogen) atoms.